The van der Waals surface area contributed by atoms with Gasteiger partial charge in [-0.05, 0) is 31.6 Å². The van der Waals surface area contributed by atoms with Crippen LogP contribution in [-0.4, -0.2) is 29.0 Å². The highest BCUT2D eigenvalue weighted by molar-refractivity contribution is 7.07. The van der Waals surface area contributed by atoms with Gasteiger partial charge in [0.05, 0.1) is 29.3 Å². The number of hydrogen-bond donors (Lipinski definition) is 1. The van der Waals surface area contributed by atoms with E-state index < -0.39 is 10.8 Å². The van der Waals surface area contributed by atoms with Gasteiger partial charge in [-0.2, -0.15) is 0 Å². The molecule has 1 N–H and O–H groups in total. The van der Waals surface area contributed by atoms with Crippen LogP contribution in [0.4, 0.5) is 5.69 Å². The van der Waals surface area contributed by atoms with Crippen LogP contribution >= 0.6 is 11.3 Å². The van der Waals surface area contributed by atoms with Gasteiger partial charge in [-0.15, -0.1) is 11.3 Å². The number of nitro benzene ring substituents is 1. The van der Waals surface area contributed by atoms with Crippen LogP contribution in [0.15, 0.2) is 23.0 Å². The van der Waals surface area contributed by atoms with Crippen molar-refractivity contribution in [3.8, 4) is 11.5 Å². The topological polar surface area (TPSA) is 104 Å². The minimum absolute atomic E-state index is 0.0264. The Morgan fingerprint density at radius 3 is 2.68 bits per heavy atom. The van der Waals surface area contributed by atoms with E-state index in [9.17, 15) is 14.9 Å². The van der Waals surface area contributed by atoms with Gasteiger partial charge >= 0.3 is 0 Å². The first-order valence-corrected chi connectivity index (χ1v) is 10.1. The Balaban J connectivity index is 1.81. The molecule has 8 nitrogen and oxygen atoms in total. The number of nitro groups is 1. The summed E-state index contributed by atoms with van der Waals surface area (Å²) < 4.78 is 10.9. The van der Waals surface area contributed by atoms with E-state index in [0.29, 0.717) is 11.6 Å². The number of methoxy groups -OCH3 is 1. The second kappa shape index (κ2) is 9.01. The molecule has 0 atom stereocenters. The molecule has 1 fully saturated rings. The second-order valence-electron chi connectivity index (χ2n) is 6.98. The number of nitrogens with one attached hydrogen (secondary N) is 1. The van der Waals surface area contributed by atoms with Crippen molar-refractivity contribution in [1.29, 1.82) is 0 Å². The van der Waals surface area contributed by atoms with E-state index in [1.165, 1.54) is 30.6 Å². The first-order valence-electron chi connectivity index (χ1n) is 9.15. The van der Waals surface area contributed by atoms with Crippen LogP contribution in [0, 0.1) is 16.0 Å². The van der Waals surface area contributed by atoms with Crippen LogP contribution in [-0.2, 0) is 6.61 Å². The van der Waals surface area contributed by atoms with Crippen LogP contribution in [0.2, 0.25) is 0 Å². The van der Waals surface area contributed by atoms with Gasteiger partial charge in [0.1, 0.15) is 12.2 Å². The third-order valence-electron chi connectivity index (χ3n) is 4.93. The largest absolute Gasteiger partial charge is 0.493 e. The average molecular weight is 405 g/mol. The maximum Gasteiger partial charge on any atom is 0.286 e. The molecule has 0 unspecified atom stereocenters. The van der Waals surface area contributed by atoms with Gasteiger partial charge in [-0.3, -0.25) is 14.9 Å². The molecule has 3 rings (SSSR count). The molecular formula is C19H23N3O5S. The first-order chi connectivity index (χ1) is 13.5. The van der Waals surface area contributed by atoms with Gasteiger partial charge in [0.15, 0.2) is 11.5 Å². The summed E-state index contributed by atoms with van der Waals surface area (Å²) in [7, 11) is 1.43. The molecule has 0 saturated heterocycles. The van der Waals surface area contributed by atoms with Crippen molar-refractivity contribution in [2.45, 2.75) is 45.3 Å². The fourth-order valence-corrected chi connectivity index (χ4v) is 3.83. The molecule has 28 heavy (non-hydrogen) atoms. The van der Waals surface area contributed by atoms with E-state index in [1.54, 1.807) is 5.51 Å². The number of aromatic nitrogens is 1. The Kier molecular flexibility index (Phi) is 6.45. The predicted molar refractivity (Wildman–Crippen MR) is 105 cm³/mol. The minimum atomic E-state index is -0.576. The van der Waals surface area contributed by atoms with Crippen molar-refractivity contribution in [2.75, 3.05) is 7.11 Å². The summed E-state index contributed by atoms with van der Waals surface area (Å²) in [6.07, 6.45) is 3.85. The Morgan fingerprint density at radius 1 is 1.32 bits per heavy atom. The zero-order valence-electron chi connectivity index (χ0n) is 15.8. The van der Waals surface area contributed by atoms with E-state index in [4.69, 9.17) is 9.47 Å². The van der Waals surface area contributed by atoms with E-state index in [-0.39, 0.29) is 35.4 Å². The average Bonchev–Trinajstić information content (AvgIpc) is 3.21. The maximum absolute atomic E-state index is 12.7. The third-order valence-corrected chi connectivity index (χ3v) is 5.57. The number of benzene rings is 1. The summed E-state index contributed by atoms with van der Waals surface area (Å²) in [5.74, 6) is 0.654. The molecule has 1 saturated carbocycles. The summed E-state index contributed by atoms with van der Waals surface area (Å²) in [6, 6.07) is 2.65. The first kappa shape index (κ1) is 20.1. The van der Waals surface area contributed by atoms with E-state index in [1.807, 2.05) is 5.38 Å². The molecule has 2 aromatic rings. The highest BCUT2D eigenvalue weighted by Crippen LogP contribution is 2.35. The fraction of sp³-hybridized carbons (Fsp3) is 0.474. The van der Waals surface area contributed by atoms with Crippen LogP contribution < -0.4 is 14.8 Å². The molecule has 1 aliphatic carbocycles. The number of amides is 1. The highest BCUT2D eigenvalue weighted by Gasteiger charge is 2.27. The lowest BCUT2D eigenvalue weighted by Gasteiger charge is -2.26. The monoisotopic (exact) mass is 405 g/mol. The van der Waals surface area contributed by atoms with Gasteiger partial charge in [-0.25, -0.2) is 4.98 Å². The van der Waals surface area contributed by atoms with Gasteiger partial charge < -0.3 is 14.8 Å². The van der Waals surface area contributed by atoms with Crippen molar-refractivity contribution in [1.82, 2.24) is 10.3 Å². The lowest BCUT2D eigenvalue weighted by Crippen LogP contribution is -2.37. The zero-order chi connectivity index (χ0) is 20.1. The SMILES string of the molecule is COc1cc(C(=O)NC2CCC(C)CC2)c([N+](=O)[O-])cc1OCc1cscn1. The predicted octanol–water partition coefficient (Wildman–Crippen LogP) is 3.95. The molecule has 0 bridgehead atoms. The summed E-state index contributed by atoms with van der Waals surface area (Å²) in [6.45, 7) is 2.35. The van der Waals surface area contributed by atoms with Crippen molar-refractivity contribution in [3.05, 3.63) is 44.4 Å². The quantitative estimate of drug-likeness (QED) is 0.553. The molecule has 150 valence electrons. The number of rotatable bonds is 7. The number of hydrogen-bond acceptors (Lipinski definition) is 7. The molecule has 1 heterocycles. The number of thiazole rings is 1. The molecule has 0 aliphatic heterocycles. The number of carbonyl (C=O) groups is 1. The Morgan fingerprint density at radius 2 is 2.07 bits per heavy atom. The third kappa shape index (κ3) is 4.78. The van der Waals surface area contributed by atoms with E-state index in [2.05, 4.69) is 17.2 Å². The van der Waals surface area contributed by atoms with Crippen molar-refractivity contribution >= 4 is 22.9 Å². The lowest BCUT2D eigenvalue weighted by atomic mass is 9.87. The Bertz CT molecular complexity index is 832. The molecule has 1 aromatic heterocycles. The van der Waals surface area contributed by atoms with Crippen molar-refractivity contribution in [2.24, 2.45) is 5.92 Å². The van der Waals surface area contributed by atoms with Gasteiger partial charge in [-0.1, -0.05) is 6.92 Å². The maximum atomic E-state index is 12.7. The van der Waals surface area contributed by atoms with Gasteiger partial charge in [0, 0.05) is 17.5 Å². The molecular weight excluding hydrogens is 382 g/mol. The van der Waals surface area contributed by atoms with Crippen LogP contribution in [0.25, 0.3) is 0 Å². The molecule has 0 spiro atoms. The highest BCUT2D eigenvalue weighted by atomic mass is 32.1. The molecule has 1 aromatic carbocycles. The van der Waals surface area contributed by atoms with Gasteiger partial charge in [0.2, 0.25) is 0 Å². The summed E-state index contributed by atoms with van der Waals surface area (Å²) >= 11 is 1.43. The summed E-state index contributed by atoms with van der Waals surface area (Å²) in [5, 5.41) is 16.3. The molecule has 0 radical (unpaired) electrons. The van der Waals surface area contributed by atoms with Crippen LogP contribution in [0.1, 0.15) is 48.7 Å². The Hall–Kier alpha value is -2.68. The minimum Gasteiger partial charge on any atom is -0.493 e. The van der Waals surface area contributed by atoms with Gasteiger partial charge in [0.25, 0.3) is 11.6 Å². The number of nitrogens with zero attached hydrogens (tertiary/aromatic N) is 2. The summed E-state index contributed by atoms with van der Waals surface area (Å²) in [4.78, 5) is 27.8. The second-order valence-corrected chi connectivity index (χ2v) is 7.69. The molecule has 9 heteroatoms. The van der Waals surface area contributed by atoms with Crippen molar-refractivity contribution in [3.63, 3.8) is 0 Å². The zero-order valence-corrected chi connectivity index (χ0v) is 16.7. The van der Waals surface area contributed by atoms with E-state index >= 15 is 0 Å². The lowest BCUT2D eigenvalue weighted by molar-refractivity contribution is -0.385. The smallest absolute Gasteiger partial charge is 0.286 e. The van der Waals surface area contributed by atoms with Crippen LogP contribution in [0.5, 0.6) is 11.5 Å². The van der Waals surface area contributed by atoms with Crippen molar-refractivity contribution < 1.29 is 19.2 Å². The Labute approximate surface area is 167 Å². The fourth-order valence-electron chi connectivity index (χ4n) is 3.28. The van der Waals surface area contributed by atoms with E-state index in [0.717, 1.165) is 25.7 Å². The molecule has 1 aliphatic rings. The number of ether oxygens (including phenoxy) is 2. The molecule has 1 amide bonds. The summed E-state index contributed by atoms with van der Waals surface area (Å²) in [5.41, 5.74) is 2.05. The normalized spacial score (nSPS) is 19.1. The number of carbonyl (C=O) groups excluding carboxylic acids is 1. The van der Waals surface area contributed by atoms with Crippen LogP contribution in [0.3, 0.4) is 0 Å². The standard InChI is InChI=1S/C19H23N3O5S/c1-12-3-5-13(6-4-12)21-19(23)15-7-17(26-2)18(8-16(15)22(24)25)27-9-14-10-28-11-20-14/h7-8,10-13H,3-6,9H2,1-2H3,(H,21,23).